The maximum Gasteiger partial charge on any atom is 0.0552 e. The quantitative estimate of drug-likeness (QED) is 0.853. The molecular formula is C18H20O. The number of aliphatic hydroxyl groups is 1. The molecule has 0 spiro atoms. The van der Waals surface area contributed by atoms with Crippen LogP contribution in [0.1, 0.15) is 42.2 Å². The van der Waals surface area contributed by atoms with Crippen molar-refractivity contribution in [3.05, 3.63) is 71.8 Å². The van der Waals surface area contributed by atoms with Gasteiger partial charge in [-0.25, -0.2) is 0 Å². The molecule has 0 saturated heterocycles. The number of benzene rings is 2. The molecule has 19 heavy (non-hydrogen) atoms. The van der Waals surface area contributed by atoms with Crippen molar-refractivity contribution in [1.29, 1.82) is 0 Å². The molecule has 2 aromatic rings. The molecule has 1 heteroatoms. The minimum absolute atomic E-state index is 0.177. The van der Waals surface area contributed by atoms with Gasteiger partial charge in [0, 0.05) is 0 Å². The summed E-state index contributed by atoms with van der Waals surface area (Å²) < 4.78 is 0. The van der Waals surface area contributed by atoms with Gasteiger partial charge in [0.05, 0.1) is 6.10 Å². The van der Waals surface area contributed by atoms with Gasteiger partial charge in [-0.2, -0.15) is 0 Å². The van der Waals surface area contributed by atoms with Crippen LogP contribution in [0.3, 0.4) is 0 Å². The van der Waals surface area contributed by atoms with Crippen LogP contribution in [0.25, 0.3) is 0 Å². The Kier molecular flexibility index (Phi) is 3.65. The predicted molar refractivity (Wildman–Crippen MR) is 78.2 cm³/mol. The second-order valence-electron chi connectivity index (χ2n) is 5.58. The molecule has 1 nitrogen and oxygen atoms in total. The van der Waals surface area contributed by atoms with Gasteiger partial charge in [-0.05, 0) is 42.2 Å². The topological polar surface area (TPSA) is 20.2 Å². The van der Waals surface area contributed by atoms with E-state index in [9.17, 15) is 5.11 Å². The fourth-order valence-corrected chi connectivity index (χ4v) is 3.28. The van der Waals surface area contributed by atoms with Crippen LogP contribution >= 0.6 is 0 Å². The highest BCUT2D eigenvalue weighted by Gasteiger charge is 2.29. The van der Waals surface area contributed by atoms with Crippen LogP contribution in [-0.2, 0) is 0 Å². The summed E-state index contributed by atoms with van der Waals surface area (Å²) >= 11 is 0. The Hall–Kier alpha value is -1.60. The van der Waals surface area contributed by atoms with E-state index >= 15 is 0 Å². The van der Waals surface area contributed by atoms with E-state index in [0.29, 0.717) is 11.8 Å². The zero-order valence-electron chi connectivity index (χ0n) is 11.1. The standard InChI is InChI=1S/C18H20O/c19-18-12-16(14-7-3-1-4-8-14)11-17(13-18)15-9-5-2-6-10-15/h1-10,16-19H,11-13H2. The molecule has 1 saturated carbocycles. The Balaban J connectivity index is 1.82. The van der Waals surface area contributed by atoms with Gasteiger partial charge < -0.3 is 5.11 Å². The number of rotatable bonds is 2. The smallest absolute Gasteiger partial charge is 0.0552 e. The Morgan fingerprint density at radius 2 is 1.05 bits per heavy atom. The Morgan fingerprint density at radius 3 is 1.47 bits per heavy atom. The second kappa shape index (κ2) is 5.58. The maximum atomic E-state index is 10.2. The van der Waals surface area contributed by atoms with Crippen molar-refractivity contribution in [3.8, 4) is 0 Å². The molecule has 0 radical (unpaired) electrons. The van der Waals surface area contributed by atoms with Crippen LogP contribution < -0.4 is 0 Å². The van der Waals surface area contributed by atoms with Gasteiger partial charge >= 0.3 is 0 Å². The van der Waals surface area contributed by atoms with E-state index in [0.717, 1.165) is 19.3 Å². The molecule has 1 aliphatic rings. The zero-order chi connectivity index (χ0) is 13.1. The minimum Gasteiger partial charge on any atom is -0.393 e. The maximum absolute atomic E-state index is 10.2. The molecular weight excluding hydrogens is 232 g/mol. The fraction of sp³-hybridized carbons (Fsp3) is 0.333. The highest BCUT2D eigenvalue weighted by molar-refractivity contribution is 5.25. The lowest BCUT2D eigenvalue weighted by atomic mass is 9.74. The SMILES string of the molecule is OC1CC(c2ccccc2)CC(c2ccccc2)C1. The lowest BCUT2D eigenvalue weighted by Gasteiger charge is -2.33. The molecule has 1 N–H and O–H groups in total. The average molecular weight is 252 g/mol. The first-order valence-electron chi connectivity index (χ1n) is 7.11. The van der Waals surface area contributed by atoms with E-state index in [1.165, 1.54) is 11.1 Å². The van der Waals surface area contributed by atoms with Gasteiger partial charge in [0.15, 0.2) is 0 Å². The van der Waals surface area contributed by atoms with Crippen LogP contribution in [0.4, 0.5) is 0 Å². The molecule has 2 unspecified atom stereocenters. The van der Waals surface area contributed by atoms with E-state index in [4.69, 9.17) is 0 Å². The van der Waals surface area contributed by atoms with Crippen molar-refractivity contribution in [3.63, 3.8) is 0 Å². The molecule has 3 rings (SSSR count). The third kappa shape index (κ3) is 2.87. The van der Waals surface area contributed by atoms with Gasteiger partial charge in [-0.15, -0.1) is 0 Å². The molecule has 1 fully saturated rings. The van der Waals surface area contributed by atoms with E-state index in [1.54, 1.807) is 0 Å². The normalized spacial score (nSPS) is 27.1. The third-order valence-corrected chi connectivity index (χ3v) is 4.22. The minimum atomic E-state index is -0.177. The first-order chi connectivity index (χ1) is 9.33. The Labute approximate surface area is 114 Å². The number of hydrogen-bond donors (Lipinski definition) is 1. The van der Waals surface area contributed by atoms with Crippen molar-refractivity contribution >= 4 is 0 Å². The average Bonchev–Trinajstić information content (AvgIpc) is 2.48. The lowest BCUT2D eigenvalue weighted by Crippen LogP contribution is -2.24. The van der Waals surface area contributed by atoms with Gasteiger partial charge in [-0.1, -0.05) is 60.7 Å². The van der Waals surface area contributed by atoms with Crippen LogP contribution in [0, 0.1) is 0 Å². The van der Waals surface area contributed by atoms with Crippen LogP contribution in [0.5, 0.6) is 0 Å². The molecule has 98 valence electrons. The summed E-state index contributed by atoms with van der Waals surface area (Å²) in [5, 5.41) is 10.2. The van der Waals surface area contributed by atoms with Crippen molar-refractivity contribution in [2.75, 3.05) is 0 Å². The van der Waals surface area contributed by atoms with Crippen molar-refractivity contribution in [2.24, 2.45) is 0 Å². The molecule has 0 bridgehead atoms. The van der Waals surface area contributed by atoms with E-state index in [1.807, 2.05) is 0 Å². The van der Waals surface area contributed by atoms with E-state index in [2.05, 4.69) is 60.7 Å². The van der Waals surface area contributed by atoms with E-state index < -0.39 is 0 Å². The molecule has 2 aromatic carbocycles. The molecule has 0 heterocycles. The number of aliphatic hydroxyl groups excluding tert-OH is 1. The Morgan fingerprint density at radius 1 is 0.632 bits per heavy atom. The molecule has 0 aromatic heterocycles. The molecule has 1 aliphatic carbocycles. The third-order valence-electron chi connectivity index (χ3n) is 4.22. The fourth-order valence-electron chi connectivity index (χ4n) is 3.28. The summed E-state index contributed by atoms with van der Waals surface area (Å²) in [7, 11) is 0. The Bertz CT molecular complexity index is 458. The zero-order valence-corrected chi connectivity index (χ0v) is 11.1. The summed E-state index contributed by atoms with van der Waals surface area (Å²) in [6.45, 7) is 0. The monoisotopic (exact) mass is 252 g/mol. The largest absolute Gasteiger partial charge is 0.393 e. The summed E-state index contributed by atoms with van der Waals surface area (Å²) in [5.74, 6) is 0.963. The van der Waals surface area contributed by atoms with Gasteiger partial charge in [0.2, 0.25) is 0 Å². The van der Waals surface area contributed by atoms with Crippen LogP contribution in [0.15, 0.2) is 60.7 Å². The first kappa shape index (κ1) is 12.4. The summed E-state index contributed by atoms with van der Waals surface area (Å²) in [5.41, 5.74) is 2.73. The van der Waals surface area contributed by atoms with Gasteiger partial charge in [0.1, 0.15) is 0 Å². The van der Waals surface area contributed by atoms with Crippen molar-refractivity contribution in [1.82, 2.24) is 0 Å². The first-order valence-corrected chi connectivity index (χ1v) is 7.11. The van der Waals surface area contributed by atoms with E-state index in [-0.39, 0.29) is 6.10 Å². The summed E-state index contributed by atoms with van der Waals surface area (Å²) in [6, 6.07) is 21.2. The molecule has 2 atom stereocenters. The van der Waals surface area contributed by atoms with Crippen LogP contribution in [-0.4, -0.2) is 11.2 Å². The molecule has 0 aliphatic heterocycles. The number of hydrogen-bond acceptors (Lipinski definition) is 1. The summed E-state index contributed by atoms with van der Waals surface area (Å²) in [4.78, 5) is 0. The summed E-state index contributed by atoms with van der Waals surface area (Å²) in [6.07, 6.45) is 2.76. The van der Waals surface area contributed by atoms with Gasteiger partial charge in [0.25, 0.3) is 0 Å². The van der Waals surface area contributed by atoms with Gasteiger partial charge in [-0.3, -0.25) is 0 Å². The highest BCUT2D eigenvalue weighted by Crippen LogP contribution is 2.41. The second-order valence-corrected chi connectivity index (χ2v) is 5.58. The predicted octanol–water partition coefficient (Wildman–Crippen LogP) is 4.10. The van der Waals surface area contributed by atoms with Crippen molar-refractivity contribution in [2.45, 2.75) is 37.2 Å². The lowest BCUT2D eigenvalue weighted by molar-refractivity contribution is 0.108. The molecule has 0 amide bonds. The van der Waals surface area contributed by atoms with Crippen LogP contribution in [0.2, 0.25) is 0 Å². The highest BCUT2D eigenvalue weighted by atomic mass is 16.3. The van der Waals surface area contributed by atoms with Crippen molar-refractivity contribution < 1.29 is 5.11 Å².